The first-order valence-electron chi connectivity index (χ1n) is 6.72. The molecule has 3 unspecified atom stereocenters. The van der Waals surface area contributed by atoms with E-state index >= 15 is 0 Å². The largest absolute Gasteiger partial charge is 0.390 e. The van der Waals surface area contributed by atoms with Crippen LogP contribution >= 0.6 is 11.8 Å². The molecule has 0 saturated heterocycles. The Morgan fingerprint density at radius 3 is 2.60 bits per heavy atom. The molecule has 2 N–H and O–H groups in total. The molecule has 1 rings (SSSR count). The van der Waals surface area contributed by atoms with E-state index in [1.165, 1.54) is 0 Å². The number of aliphatic hydroxyl groups is 2. The summed E-state index contributed by atoms with van der Waals surface area (Å²) in [6.45, 7) is 4.48. The van der Waals surface area contributed by atoms with Crippen LogP contribution < -0.4 is 0 Å². The van der Waals surface area contributed by atoms with Gasteiger partial charge in [-0.1, -0.05) is 12.1 Å². The number of hydrogen-bond donors (Lipinski definition) is 2. The molecule has 0 heterocycles. The highest BCUT2D eigenvalue weighted by Gasteiger charge is 2.09. The Hall–Kier alpha value is -0.590. The zero-order valence-corrected chi connectivity index (χ0v) is 13.1. The van der Waals surface area contributed by atoms with Gasteiger partial charge in [0, 0.05) is 17.8 Å². The average Bonchev–Trinajstić information content (AvgIpc) is 2.43. The van der Waals surface area contributed by atoms with Crippen LogP contribution in [-0.2, 0) is 9.47 Å². The summed E-state index contributed by atoms with van der Waals surface area (Å²) in [7, 11) is 1.63. The van der Waals surface area contributed by atoms with Crippen molar-refractivity contribution in [3.05, 3.63) is 29.8 Å². The highest BCUT2D eigenvalue weighted by atomic mass is 32.2. The van der Waals surface area contributed by atoms with Crippen LogP contribution in [-0.4, -0.2) is 48.5 Å². The van der Waals surface area contributed by atoms with E-state index in [-0.39, 0.29) is 6.10 Å². The Kier molecular flexibility index (Phi) is 8.18. The number of hydrogen-bond acceptors (Lipinski definition) is 5. The minimum absolute atomic E-state index is 0.0155. The van der Waals surface area contributed by atoms with Crippen molar-refractivity contribution in [3.8, 4) is 0 Å². The van der Waals surface area contributed by atoms with Gasteiger partial charge in [-0.3, -0.25) is 0 Å². The Balaban J connectivity index is 2.33. The van der Waals surface area contributed by atoms with Gasteiger partial charge in [-0.15, -0.1) is 11.8 Å². The average molecular weight is 300 g/mol. The third kappa shape index (κ3) is 6.72. The van der Waals surface area contributed by atoms with Crippen molar-refractivity contribution in [1.29, 1.82) is 0 Å². The molecule has 0 saturated carbocycles. The summed E-state index contributed by atoms with van der Waals surface area (Å²) in [4.78, 5) is 1.03. The van der Waals surface area contributed by atoms with Gasteiger partial charge in [0.05, 0.1) is 31.5 Å². The molecule has 0 amide bonds. The Morgan fingerprint density at radius 1 is 1.20 bits per heavy atom. The fourth-order valence-corrected chi connectivity index (χ4v) is 2.54. The van der Waals surface area contributed by atoms with E-state index in [1.807, 2.05) is 31.2 Å². The highest BCUT2D eigenvalue weighted by Crippen LogP contribution is 2.23. The zero-order chi connectivity index (χ0) is 15.0. The minimum atomic E-state index is -0.519. The van der Waals surface area contributed by atoms with Crippen LogP contribution in [0.4, 0.5) is 0 Å². The Labute approximate surface area is 125 Å². The molecular formula is C15H24O4S. The van der Waals surface area contributed by atoms with Crippen molar-refractivity contribution >= 4 is 11.8 Å². The number of methoxy groups -OCH3 is 1. The molecule has 1 aromatic carbocycles. The molecule has 114 valence electrons. The van der Waals surface area contributed by atoms with Gasteiger partial charge in [0.25, 0.3) is 0 Å². The maximum absolute atomic E-state index is 9.87. The van der Waals surface area contributed by atoms with Crippen molar-refractivity contribution in [2.24, 2.45) is 0 Å². The maximum atomic E-state index is 9.87. The molecule has 0 fully saturated rings. The summed E-state index contributed by atoms with van der Waals surface area (Å²) in [6, 6.07) is 7.71. The quantitative estimate of drug-likeness (QED) is 0.685. The maximum Gasteiger partial charge on any atom is 0.0867 e. The number of thioether (sulfide) groups is 1. The summed E-state index contributed by atoms with van der Waals surface area (Å²) < 4.78 is 10.4. The van der Waals surface area contributed by atoms with Gasteiger partial charge in [0.1, 0.15) is 0 Å². The van der Waals surface area contributed by atoms with Crippen molar-refractivity contribution in [1.82, 2.24) is 0 Å². The molecule has 5 heteroatoms. The van der Waals surface area contributed by atoms with Crippen LogP contribution in [0.25, 0.3) is 0 Å². The van der Waals surface area contributed by atoms with Gasteiger partial charge in [-0.2, -0.15) is 0 Å². The van der Waals surface area contributed by atoms with Gasteiger partial charge >= 0.3 is 0 Å². The second kappa shape index (κ2) is 9.37. The fraction of sp³-hybridized carbons (Fsp3) is 0.600. The normalized spacial score (nSPS) is 15.8. The van der Waals surface area contributed by atoms with E-state index in [2.05, 4.69) is 0 Å². The van der Waals surface area contributed by atoms with E-state index in [4.69, 9.17) is 9.47 Å². The van der Waals surface area contributed by atoms with Gasteiger partial charge in [0.15, 0.2) is 0 Å². The molecule has 0 aliphatic heterocycles. The van der Waals surface area contributed by atoms with E-state index in [0.29, 0.717) is 19.0 Å². The second-order valence-corrected chi connectivity index (χ2v) is 5.91. The molecule has 0 aliphatic carbocycles. The van der Waals surface area contributed by atoms with Crippen LogP contribution in [0.5, 0.6) is 0 Å². The summed E-state index contributed by atoms with van der Waals surface area (Å²) in [5.74, 6) is 0.558. The van der Waals surface area contributed by atoms with Crippen molar-refractivity contribution in [2.75, 3.05) is 26.1 Å². The number of rotatable bonds is 9. The van der Waals surface area contributed by atoms with Crippen LogP contribution in [0.2, 0.25) is 0 Å². The van der Waals surface area contributed by atoms with Crippen molar-refractivity contribution in [2.45, 2.75) is 37.1 Å². The molecule has 0 aromatic heterocycles. The van der Waals surface area contributed by atoms with Crippen LogP contribution in [0.1, 0.15) is 25.5 Å². The van der Waals surface area contributed by atoms with Crippen LogP contribution in [0.3, 0.4) is 0 Å². The molecule has 1 aromatic rings. The predicted octanol–water partition coefficient (Wildman–Crippen LogP) is 2.24. The number of aliphatic hydroxyl groups excluding tert-OH is 2. The zero-order valence-electron chi connectivity index (χ0n) is 12.3. The molecule has 0 bridgehead atoms. The summed E-state index contributed by atoms with van der Waals surface area (Å²) >= 11 is 1.55. The lowest BCUT2D eigenvalue weighted by atomic mass is 10.1. The molecular weight excluding hydrogens is 276 g/mol. The Morgan fingerprint density at radius 2 is 1.95 bits per heavy atom. The topological polar surface area (TPSA) is 58.9 Å². The van der Waals surface area contributed by atoms with E-state index in [1.54, 1.807) is 25.8 Å². The monoisotopic (exact) mass is 300 g/mol. The van der Waals surface area contributed by atoms with Gasteiger partial charge < -0.3 is 19.7 Å². The first-order valence-corrected chi connectivity index (χ1v) is 7.71. The van der Waals surface area contributed by atoms with Gasteiger partial charge in [-0.25, -0.2) is 0 Å². The SMILES string of the molecule is COCC(C)OCC(O)CSc1cccc(C(C)O)c1. The molecule has 0 spiro atoms. The van der Waals surface area contributed by atoms with E-state index in [9.17, 15) is 10.2 Å². The lowest BCUT2D eigenvalue weighted by molar-refractivity contribution is -0.0257. The smallest absolute Gasteiger partial charge is 0.0867 e. The second-order valence-electron chi connectivity index (χ2n) is 4.81. The van der Waals surface area contributed by atoms with Crippen molar-refractivity contribution in [3.63, 3.8) is 0 Å². The van der Waals surface area contributed by atoms with E-state index < -0.39 is 12.2 Å². The van der Waals surface area contributed by atoms with Gasteiger partial charge in [0.2, 0.25) is 0 Å². The third-order valence-electron chi connectivity index (χ3n) is 2.76. The summed E-state index contributed by atoms with van der Waals surface area (Å²) in [5, 5.41) is 19.4. The molecule has 0 radical (unpaired) electrons. The number of benzene rings is 1. The van der Waals surface area contributed by atoms with Crippen molar-refractivity contribution < 1.29 is 19.7 Å². The first kappa shape index (κ1) is 17.5. The standard InChI is InChI=1S/C15H24O4S/c1-11(8-18-3)19-9-14(17)10-20-15-6-4-5-13(7-15)12(2)16/h4-7,11-12,14,16-17H,8-10H2,1-3H3. The van der Waals surface area contributed by atoms with Gasteiger partial charge in [-0.05, 0) is 31.5 Å². The molecule has 0 aliphatic rings. The van der Waals surface area contributed by atoms with E-state index in [0.717, 1.165) is 10.5 Å². The first-order chi connectivity index (χ1) is 9.52. The van der Waals surface area contributed by atoms with Crippen LogP contribution in [0.15, 0.2) is 29.2 Å². The molecule has 20 heavy (non-hydrogen) atoms. The minimum Gasteiger partial charge on any atom is -0.390 e. The lowest BCUT2D eigenvalue weighted by Crippen LogP contribution is -2.24. The summed E-state index contributed by atoms with van der Waals surface area (Å²) in [5.41, 5.74) is 0.884. The molecule has 4 nitrogen and oxygen atoms in total. The molecule has 3 atom stereocenters. The Bertz CT molecular complexity index is 384. The summed E-state index contributed by atoms with van der Waals surface area (Å²) in [6.07, 6.45) is -1.01. The lowest BCUT2D eigenvalue weighted by Gasteiger charge is -2.15. The fourth-order valence-electron chi connectivity index (χ4n) is 1.66. The van der Waals surface area contributed by atoms with Crippen LogP contribution in [0, 0.1) is 0 Å². The highest BCUT2D eigenvalue weighted by molar-refractivity contribution is 7.99. The third-order valence-corrected chi connectivity index (χ3v) is 3.90. The predicted molar refractivity (Wildman–Crippen MR) is 81.1 cm³/mol. The number of ether oxygens (including phenoxy) is 2.